The topological polar surface area (TPSA) is 59.2 Å². The zero-order valence-electron chi connectivity index (χ0n) is 14.6. The van der Waals surface area contributed by atoms with Crippen molar-refractivity contribution in [3.63, 3.8) is 0 Å². The molecule has 1 aliphatic rings. The Bertz CT molecular complexity index is 757. The Morgan fingerprint density at radius 1 is 1.12 bits per heavy atom. The number of hydrogen-bond acceptors (Lipinski definition) is 4. The smallest absolute Gasteiger partial charge is 0.275 e. The molecule has 2 aromatic heterocycles. The summed E-state index contributed by atoms with van der Waals surface area (Å²) in [4.78, 5) is 17.0. The Hall–Kier alpha value is -1.67. The first-order valence-electron chi connectivity index (χ1n) is 8.06. The standard InChI is InChI=1S/C16H23BrN6O/c1-11-13(9-18-20(11)3)10-22-5-7-23(8-6-22)16(24)15-14(17)12(2)21(4)19-15/h9H,5-8,10H2,1-4H3. The van der Waals surface area contributed by atoms with E-state index in [1.54, 1.807) is 4.68 Å². The molecule has 0 atom stereocenters. The van der Waals surface area contributed by atoms with Gasteiger partial charge in [0, 0.05) is 58.1 Å². The van der Waals surface area contributed by atoms with E-state index < -0.39 is 0 Å². The minimum Gasteiger partial charge on any atom is -0.335 e. The van der Waals surface area contributed by atoms with Crippen molar-refractivity contribution in [2.45, 2.75) is 20.4 Å². The number of carbonyl (C=O) groups is 1. The maximum atomic E-state index is 12.7. The third-order valence-corrected chi connectivity index (χ3v) is 5.80. The normalized spacial score (nSPS) is 16.0. The third-order valence-electron chi connectivity index (χ3n) is 4.85. The molecular weight excluding hydrogens is 372 g/mol. The van der Waals surface area contributed by atoms with Crippen LogP contribution in [0.4, 0.5) is 0 Å². The van der Waals surface area contributed by atoms with Gasteiger partial charge in [-0.1, -0.05) is 0 Å². The maximum absolute atomic E-state index is 12.7. The van der Waals surface area contributed by atoms with E-state index in [4.69, 9.17) is 0 Å². The van der Waals surface area contributed by atoms with Gasteiger partial charge in [-0.05, 0) is 29.8 Å². The second kappa shape index (κ2) is 6.68. The second-order valence-corrected chi connectivity index (χ2v) is 7.11. The number of aryl methyl sites for hydroxylation is 2. The summed E-state index contributed by atoms with van der Waals surface area (Å²) in [5.41, 5.74) is 3.91. The minimum atomic E-state index is 0.00258. The number of carbonyl (C=O) groups excluding carboxylic acids is 1. The van der Waals surface area contributed by atoms with Crippen molar-refractivity contribution >= 4 is 21.8 Å². The lowest BCUT2D eigenvalue weighted by Crippen LogP contribution is -2.48. The van der Waals surface area contributed by atoms with Gasteiger partial charge >= 0.3 is 0 Å². The van der Waals surface area contributed by atoms with Crippen molar-refractivity contribution < 1.29 is 4.79 Å². The number of aromatic nitrogens is 4. The Kier molecular flexibility index (Phi) is 4.78. The molecule has 0 unspecified atom stereocenters. The third kappa shape index (κ3) is 3.12. The van der Waals surface area contributed by atoms with Gasteiger partial charge in [0.2, 0.25) is 0 Å². The van der Waals surface area contributed by atoms with Crippen LogP contribution in [0.5, 0.6) is 0 Å². The monoisotopic (exact) mass is 394 g/mol. The zero-order chi connectivity index (χ0) is 17.4. The predicted molar refractivity (Wildman–Crippen MR) is 94.8 cm³/mol. The minimum absolute atomic E-state index is 0.00258. The summed E-state index contributed by atoms with van der Waals surface area (Å²) in [6.07, 6.45) is 1.93. The zero-order valence-corrected chi connectivity index (χ0v) is 16.2. The first kappa shape index (κ1) is 17.2. The Morgan fingerprint density at radius 3 is 2.29 bits per heavy atom. The highest BCUT2D eigenvalue weighted by Crippen LogP contribution is 2.22. The molecule has 8 heteroatoms. The van der Waals surface area contributed by atoms with Crippen molar-refractivity contribution in [1.82, 2.24) is 29.4 Å². The molecule has 0 aliphatic carbocycles. The summed E-state index contributed by atoms with van der Waals surface area (Å²) in [5, 5.41) is 8.63. The molecule has 0 radical (unpaired) electrons. The first-order chi connectivity index (χ1) is 11.4. The van der Waals surface area contributed by atoms with Crippen LogP contribution in [0.2, 0.25) is 0 Å². The van der Waals surface area contributed by atoms with Crippen LogP contribution in [0.15, 0.2) is 10.7 Å². The molecule has 0 aromatic carbocycles. The van der Waals surface area contributed by atoms with E-state index >= 15 is 0 Å². The number of hydrogen-bond donors (Lipinski definition) is 0. The Morgan fingerprint density at radius 2 is 1.79 bits per heavy atom. The summed E-state index contributed by atoms with van der Waals surface area (Å²) in [6, 6.07) is 0. The van der Waals surface area contributed by atoms with Crippen LogP contribution in [-0.4, -0.2) is 61.4 Å². The van der Waals surface area contributed by atoms with Gasteiger partial charge in [-0.3, -0.25) is 19.1 Å². The second-order valence-electron chi connectivity index (χ2n) is 6.32. The number of amides is 1. The number of rotatable bonds is 3. The fourth-order valence-electron chi connectivity index (χ4n) is 2.92. The molecule has 3 rings (SSSR count). The average molecular weight is 395 g/mol. The van der Waals surface area contributed by atoms with E-state index in [0.717, 1.165) is 42.9 Å². The quantitative estimate of drug-likeness (QED) is 0.790. The molecule has 3 heterocycles. The van der Waals surface area contributed by atoms with Crippen LogP contribution in [0.3, 0.4) is 0 Å². The molecular formula is C16H23BrN6O. The highest BCUT2D eigenvalue weighted by Gasteiger charge is 2.27. The van der Waals surface area contributed by atoms with Crippen molar-refractivity contribution in [2.24, 2.45) is 14.1 Å². The molecule has 0 spiro atoms. The van der Waals surface area contributed by atoms with Crippen molar-refractivity contribution in [3.05, 3.63) is 33.3 Å². The SMILES string of the molecule is Cc1c(CN2CCN(C(=O)c3nn(C)c(C)c3Br)CC2)cnn1C. The van der Waals surface area contributed by atoms with Crippen LogP contribution in [0.1, 0.15) is 27.4 Å². The van der Waals surface area contributed by atoms with Crippen LogP contribution in [-0.2, 0) is 20.6 Å². The molecule has 0 bridgehead atoms. The summed E-state index contributed by atoms with van der Waals surface area (Å²) >= 11 is 3.48. The predicted octanol–water partition coefficient (Wildman–Crippen LogP) is 1.49. The molecule has 0 N–H and O–H groups in total. The van der Waals surface area contributed by atoms with Gasteiger partial charge < -0.3 is 4.90 Å². The number of halogens is 1. The molecule has 0 saturated carbocycles. The first-order valence-corrected chi connectivity index (χ1v) is 8.86. The number of piperazine rings is 1. The van der Waals surface area contributed by atoms with E-state index in [-0.39, 0.29) is 5.91 Å². The molecule has 24 heavy (non-hydrogen) atoms. The lowest BCUT2D eigenvalue weighted by atomic mass is 10.2. The molecule has 1 saturated heterocycles. The van der Waals surface area contributed by atoms with Gasteiger partial charge in [-0.15, -0.1) is 0 Å². The van der Waals surface area contributed by atoms with E-state index in [1.807, 2.05) is 36.8 Å². The van der Waals surface area contributed by atoms with Crippen molar-refractivity contribution in [1.29, 1.82) is 0 Å². The Labute approximate surface area is 150 Å². The van der Waals surface area contributed by atoms with Crippen molar-refractivity contribution in [3.8, 4) is 0 Å². The van der Waals surface area contributed by atoms with Gasteiger partial charge in [0.15, 0.2) is 5.69 Å². The van der Waals surface area contributed by atoms with Crippen LogP contribution in [0.25, 0.3) is 0 Å². The van der Waals surface area contributed by atoms with Gasteiger partial charge in [-0.25, -0.2) is 0 Å². The van der Waals surface area contributed by atoms with E-state index in [2.05, 4.69) is 38.0 Å². The van der Waals surface area contributed by atoms with E-state index in [1.165, 1.54) is 11.3 Å². The fraction of sp³-hybridized carbons (Fsp3) is 0.562. The summed E-state index contributed by atoms with van der Waals surface area (Å²) < 4.78 is 4.43. The van der Waals surface area contributed by atoms with Crippen LogP contribution >= 0.6 is 15.9 Å². The summed E-state index contributed by atoms with van der Waals surface area (Å²) in [7, 11) is 3.81. The van der Waals surface area contributed by atoms with Crippen LogP contribution in [0, 0.1) is 13.8 Å². The molecule has 7 nitrogen and oxygen atoms in total. The Balaban J connectivity index is 1.61. The maximum Gasteiger partial charge on any atom is 0.275 e. The highest BCUT2D eigenvalue weighted by atomic mass is 79.9. The summed E-state index contributed by atoms with van der Waals surface area (Å²) in [5.74, 6) is 0.00258. The van der Waals surface area contributed by atoms with Gasteiger partial charge in [0.1, 0.15) is 0 Å². The lowest BCUT2D eigenvalue weighted by molar-refractivity contribution is 0.0621. The number of nitrogens with zero attached hydrogens (tertiary/aromatic N) is 6. The highest BCUT2D eigenvalue weighted by molar-refractivity contribution is 9.10. The van der Waals surface area contributed by atoms with E-state index in [9.17, 15) is 4.79 Å². The van der Waals surface area contributed by atoms with Crippen LogP contribution < -0.4 is 0 Å². The van der Waals surface area contributed by atoms with E-state index in [0.29, 0.717) is 5.69 Å². The van der Waals surface area contributed by atoms with Gasteiger partial charge in [0.25, 0.3) is 5.91 Å². The molecule has 1 aliphatic heterocycles. The van der Waals surface area contributed by atoms with Gasteiger partial charge in [0.05, 0.1) is 16.4 Å². The molecule has 1 amide bonds. The average Bonchev–Trinajstić information content (AvgIpc) is 3.03. The largest absolute Gasteiger partial charge is 0.335 e. The van der Waals surface area contributed by atoms with Crippen molar-refractivity contribution in [2.75, 3.05) is 26.2 Å². The van der Waals surface area contributed by atoms with Gasteiger partial charge in [-0.2, -0.15) is 10.2 Å². The molecule has 1 fully saturated rings. The lowest BCUT2D eigenvalue weighted by Gasteiger charge is -2.34. The molecule has 130 valence electrons. The summed E-state index contributed by atoms with van der Waals surface area (Å²) in [6.45, 7) is 8.09. The fourth-order valence-corrected chi connectivity index (χ4v) is 3.42. The molecule has 2 aromatic rings.